The third kappa shape index (κ3) is 5.70. The van der Waals surface area contributed by atoms with Crippen LogP contribution < -0.4 is 9.47 Å². The van der Waals surface area contributed by atoms with Gasteiger partial charge in [0.1, 0.15) is 11.5 Å². The second-order valence-corrected chi connectivity index (χ2v) is 11.7. The Labute approximate surface area is 279 Å². The van der Waals surface area contributed by atoms with Crippen LogP contribution >= 0.6 is 0 Å². The number of carbonyl (C=O) groups is 1. The molecule has 0 spiro atoms. The summed E-state index contributed by atoms with van der Waals surface area (Å²) in [6, 6.07) is 61.2. The SMILES string of the molecule is O=C(Oc1ccccc1-c1ccc(-c2cccc3ccccc23)cc1)Oc1ccccc1-c1ccc(-c2cccc3ccccc23)cc1. The summed E-state index contributed by atoms with van der Waals surface area (Å²) in [5.41, 5.74) is 8.07. The minimum absolute atomic E-state index is 0.428. The summed E-state index contributed by atoms with van der Waals surface area (Å²) >= 11 is 0. The quantitative estimate of drug-likeness (QED) is 0.137. The Balaban J connectivity index is 1.02. The first-order chi connectivity index (χ1) is 23.7. The molecule has 0 bridgehead atoms. The third-order valence-corrected chi connectivity index (χ3v) is 8.75. The monoisotopic (exact) mass is 618 g/mol. The van der Waals surface area contributed by atoms with Crippen molar-refractivity contribution in [2.75, 3.05) is 0 Å². The standard InChI is InChI=1S/C45H30O3/c46-45(47-43-21-7-5-17-41(43)35-27-23-33(24-28-35)39-19-9-13-31-11-1-3-15-37(31)39)48-44-22-8-6-18-42(44)36-29-25-34(26-30-36)40-20-10-14-32-12-2-4-16-38(32)40/h1-30H. The molecule has 0 N–H and O–H groups in total. The van der Waals surface area contributed by atoms with E-state index in [-0.39, 0.29) is 0 Å². The number of para-hydroxylation sites is 2. The number of carbonyl (C=O) groups excluding carboxylic acids is 1. The van der Waals surface area contributed by atoms with Gasteiger partial charge in [0.2, 0.25) is 0 Å². The minimum atomic E-state index is -0.797. The molecule has 3 heteroatoms. The molecule has 0 amide bonds. The van der Waals surface area contributed by atoms with E-state index < -0.39 is 6.16 Å². The summed E-state index contributed by atoms with van der Waals surface area (Å²) in [5, 5.41) is 4.83. The van der Waals surface area contributed by atoms with E-state index in [1.807, 2.05) is 36.4 Å². The van der Waals surface area contributed by atoms with Gasteiger partial charge < -0.3 is 9.47 Å². The van der Waals surface area contributed by atoms with Crippen LogP contribution in [0.1, 0.15) is 0 Å². The third-order valence-electron chi connectivity index (χ3n) is 8.75. The highest BCUT2D eigenvalue weighted by atomic mass is 16.7. The average Bonchev–Trinajstić information content (AvgIpc) is 3.15. The molecule has 3 nitrogen and oxygen atoms in total. The molecule has 8 aromatic carbocycles. The first-order valence-electron chi connectivity index (χ1n) is 16.0. The minimum Gasteiger partial charge on any atom is -0.394 e. The second-order valence-electron chi connectivity index (χ2n) is 11.7. The maximum absolute atomic E-state index is 13.2. The Bertz CT molecular complexity index is 2230. The molecule has 8 rings (SSSR count). The largest absolute Gasteiger partial charge is 0.519 e. The van der Waals surface area contributed by atoms with Crippen LogP contribution in [-0.4, -0.2) is 6.16 Å². The molecule has 48 heavy (non-hydrogen) atoms. The highest BCUT2D eigenvalue weighted by molar-refractivity contribution is 5.98. The van der Waals surface area contributed by atoms with Gasteiger partial charge in [-0.3, -0.25) is 0 Å². The molecule has 0 fully saturated rings. The van der Waals surface area contributed by atoms with Crippen molar-refractivity contribution >= 4 is 27.7 Å². The molecule has 0 aliphatic carbocycles. The van der Waals surface area contributed by atoms with E-state index in [2.05, 4.69) is 133 Å². The lowest BCUT2D eigenvalue weighted by atomic mass is 9.96. The molecule has 0 saturated carbocycles. The number of ether oxygens (including phenoxy) is 2. The van der Waals surface area contributed by atoms with Gasteiger partial charge in [0.05, 0.1) is 0 Å². The van der Waals surface area contributed by atoms with Crippen LogP contribution in [0.5, 0.6) is 11.5 Å². The molecule has 0 aliphatic heterocycles. The Morgan fingerprint density at radius 2 is 0.625 bits per heavy atom. The maximum atomic E-state index is 13.2. The van der Waals surface area contributed by atoms with Crippen molar-refractivity contribution in [2.24, 2.45) is 0 Å². The molecule has 0 aliphatic rings. The first kappa shape index (κ1) is 29.0. The Kier molecular flexibility index (Phi) is 7.70. The van der Waals surface area contributed by atoms with Crippen LogP contribution in [0.15, 0.2) is 182 Å². The van der Waals surface area contributed by atoms with Crippen LogP contribution in [0.2, 0.25) is 0 Å². The number of hydrogen-bond donors (Lipinski definition) is 0. The van der Waals surface area contributed by atoms with Crippen LogP contribution in [0.25, 0.3) is 66.1 Å². The Morgan fingerprint density at radius 3 is 1.06 bits per heavy atom. The summed E-state index contributed by atoms with van der Waals surface area (Å²) < 4.78 is 11.6. The maximum Gasteiger partial charge on any atom is 0.519 e. The Morgan fingerprint density at radius 1 is 0.312 bits per heavy atom. The lowest BCUT2D eigenvalue weighted by molar-refractivity contribution is 0.152. The fourth-order valence-electron chi connectivity index (χ4n) is 6.40. The van der Waals surface area contributed by atoms with Gasteiger partial charge in [-0.1, -0.05) is 170 Å². The molecule has 0 saturated heterocycles. The van der Waals surface area contributed by atoms with Gasteiger partial charge in [-0.15, -0.1) is 0 Å². The number of rotatable bonds is 6. The zero-order chi connectivity index (χ0) is 32.3. The van der Waals surface area contributed by atoms with Gasteiger partial charge in [-0.05, 0) is 67.1 Å². The number of benzene rings is 8. The lowest BCUT2D eigenvalue weighted by Gasteiger charge is -2.13. The van der Waals surface area contributed by atoms with Gasteiger partial charge in [-0.2, -0.15) is 0 Å². The zero-order valence-corrected chi connectivity index (χ0v) is 26.0. The Hall–Kier alpha value is -6.45. The fraction of sp³-hybridized carbons (Fsp3) is 0. The van der Waals surface area contributed by atoms with Gasteiger partial charge in [0.15, 0.2) is 0 Å². The zero-order valence-electron chi connectivity index (χ0n) is 26.0. The van der Waals surface area contributed by atoms with Crippen molar-refractivity contribution in [3.63, 3.8) is 0 Å². The number of fused-ring (bicyclic) bond motifs is 2. The van der Waals surface area contributed by atoms with E-state index in [0.29, 0.717) is 11.5 Å². The molecule has 0 aromatic heterocycles. The van der Waals surface area contributed by atoms with Crippen LogP contribution in [-0.2, 0) is 0 Å². The average molecular weight is 619 g/mol. The summed E-state index contributed by atoms with van der Waals surface area (Å²) in [4.78, 5) is 13.2. The summed E-state index contributed by atoms with van der Waals surface area (Å²) in [6.45, 7) is 0. The van der Waals surface area contributed by atoms with E-state index in [4.69, 9.17) is 9.47 Å². The highest BCUT2D eigenvalue weighted by Gasteiger charge is 2.16. The van der Waals surface area contributed by atoms with Crippen LogP contribution in [0.4, 0.5) is 4.79 Å². The molecule has 0 radical (unpaired) electrons. The fourth-order valence-corrected chi connectivity index (χ4v) is 6.40. The molecule has 0 atom stereocenters. The summed E-state index contributed by atoms with van der Waals surface area (Å²) in [6.07, 6.45) is -0.797. The predicted molar refractivity (Wildman–Crippen MR) is 196 cm³/mol. The van der Waals surface area contributed by atoms with Gasteiger partial charge >= 0.3 is 6.16 Å². The molecule has 228 valence electrons. The topological polar surface area (TPSA) is 35.5 Å². The summed E-state index contributed by atoms with van der Waals surface area (Å²) in [5.74, 6) is 0.856. The second kappa shape index (κ2) is 12.7. The van der Waals surface area contributed by atoms with Gasteiger partial charge in [-0.25, -0.2) is 4.79 Å². The molecular weight excluding hydrogens is 588 g/mol. The van der Waals surface area contributed by atoms with E-state index in [0.717, 1.165) is 33.4 Å². The van der Waals surface area contributed by atoms with E-state index in [1.54, 1.807) is 12.1 Å². The smallest absolute Gasteiger partial charge is 0.394 e. The van der Waals surface area contributed by atoms with Crippen molar-refractivity contribution in [1.82, 2.24) is 0 Å². The molecule has 0 unspecified atom stereocenters. The van der Waals surface area contributed by atoms with Crippen molar-refractivity contribution in [3.05, 3.63) is 182 Å². The molecule has 0 heterocycles. The molecular formula is C45H30O3. The first-order valence-corrected chi connectivity index (χ1v) is 16.0. The van der Waals surface area contributed by atoms with Crippen LogP contribution in [0, 0.1) is 0 Å². The van der Waals surface area contributed by atoms with Crippen molar-refractivity contribution in [1.29, 1.82) is 0 Å². The van der Waals surface area contributed by atoms with E-state index in [1.165, 1.54) is 32.7 Å². The van der Waals surface area contributed by atoms with Crippen LogP contribution in [0.3, 0.4) is 0 Å². The van der Waals surface area contributed by atoms with Crippen molar-refractivity contribution < 1.29 is 14.3 Å². The molecule has 8 aromatic rings. The van der Waals surface area contributed by atoms with E-state index >= 15 is 0 Å². The van der Waals surface area contributed by atoms with Crippen molar-refractivity contribution in [3.8, 4) is 56.0 Å². The van der Waals surface area contributed by atoms with E-state index in [9.17, 15) is 4.79 Å². The number of hydrogen-bond acceptors (Lipinski definition) is 3. The van der Waals surface area contributed by atoms with Gasteiger partial charge in [0.25, 0.3) is 0 Å². The highest BCUT2D eigenvalue weighted by Crippen LogP contribution is 2.36. The van der Waals surface area contributed by atoms with Crippen molar-refractivity contribution in [2.45, 2.75) is 0 Å². The van der Waals surface area contributed by atoms with Gasteiger partial charge in [0, 0.05) is 11.1 Å². The predicted octanol–water partition coefficient (Wildman–Crippen LogP) is 12.2. The normalized spacial score (nSPS) is 11.0. The lowest BCUT2D eigenvalue weighted by Crippen LogP contribution is -2.14. The summed E-state index contributed by atoms with van der Waals surface area (Å²) in [7, 11) is 0.